The Hall–Kier alpha value is -7.89. The van der Waals surface area contributed by atoms with Gasteiger partial charge in [-0.3, -0.25) is 9.97 Å². The molecule has 0 radical (unpaired) electrons. The van der Waals surface area contributed by atoms with Crippen LogP contribution >= 0.6 is 0 Å². The van der Waals surface area contributed by atoms with Gasteiger partial charge in [0.15, 0.2) is 0 Å². The number of fused-ring (bicyclic) bond motifs is 8. The third kappa shape index (κ3) is 9.08. The summed E-state index contributed by atoms with van der Waals surface area (Å²) in [5.74, 6) is 3.06. The van der Waals surface area contributed by atoms with Crippen LogP contribution in [0.5, 0.6) is 0 Å². The summed E-state index contributed by atoms with van der Waals surface area (Å²) in [6, 6.07) is 71.4. The molecule has 0 amide bonds. The van der Waals surface area contributed by atoms with Gasteiger partial charge < -0.3 is 13.6 Å². The smallest absolute Gasteiger partial charge is 0.501 e. The molecule has 0 fully saturated rings. The van der Waals surface area contributed by atoms with Crippen LogP contribution in [0, 0.1) is 19.0 Å². The third-order valence-electron chi connectivity index (χ3n) is 15.0. The summed E-state index contributed by atoms with van der Waals surface area (Å²) in [7, 11) is 0. The van der Waals surface area contributed by atoms with E-state index in [4.69, 9.17) is 18.5 Å². The van der Waals surface area contributed by atoms with Gasteiger partial charge in [-0.05, 0) is 140 Å². The molecule has 0 unspecified atom stereocenters. The predicted octanol–water partition coefficient (Wildman–Crippen LogP) is 18.7. The molecule has 0 atom stereocenters. The van der Waals surface area contributed by atoms with Gasteiger partial charge in [0.05, 0.1) is 39.3 Å². The van der Waals surface area contributed by atoms with Crippen LogP contribution in [-0.2, 0) is 20.1 Å². The molecule has 0 spiro atoms. The van der Waals surface area contributed by atoms with Crippen molar-refractivity contribution < 1.29 is 33.2 Å². The SMILES string of the molecule is CC(C)c1cccc(C(C)C)c1-n1c(-c2[c-]cccc2)nc2ccccc21.[2H]C([2H])([2H])c1cccc2c1ccc1cc3c(cc12)oc1c(-c2[n-]c4ccccc4[n+]2-c2c(C(C)C)cc(-c4ccccc4)cc2C(C)C)[c-]ccc13.[Ir+3]. The van der Waals surface area contributed by atoms with Crippen molar-refractivity contribution in [1.29, 1.82) is 0 Å². The van der Waals surface area contributed by atoms with Crippen LogP contribution in [0.15, 0.2) is 192 Å². The largest absolute Gasteiger partial charge is 3.00 e. The van der Waals surface area contributed by atoms with E-state index in [0.29, 0.717) is 17.4 Å². The second kappa shape index (κ2) is 20.9. The van der Waals surface area contributed by atoms with E-state index in [0.717, 1.165) is 94.0 Å². The summed E-state index contributed by atoms with van der Waals surface area (Å²) in [5.41, 5.74) is 17.7. The number of benzene rings is 10. The summed E-state index contributed by atoms with van der Waals surface area (Å²) in [6.07, 6.45) is 0. The van der Waals surface area contributed by atoms with Crippen molar-refractivity contribution in [3.8, 4) is 45.3 Å². The van der Waals surface area contributed by atoms with Gasteiger partial charge in [0.1, 0.15) is 5.58 Å². The monoisotopic (exact) mass is 1180 g/mol. The fraction of sp³-hybridized carbons (Fsp3) is 0.183. The van der Waals surface area contributed by atoms with Crippen LogP contribution in [0.25, 0.3) is 111 Å². The van der Waals surface area contributed by atoms with E-state index < -0.39 is 6.85 Å². The minimum absolute atomic E-state index is 0. The van der Waals surface area contributed by atoms with Crippen LogP contribution in [-0.4, -0.2) is 9.55 Å². The van der Waals surface area contributed by atoms with E-state index in [-0.39, 0.29) is 31.9 Å². The molecule has 5 nitrogen and oxygen atoms in total. The van der Waals surface area contributed by atoms with Gasteiger partial charge in [-0.25, -0.2) is 0 Å². The summed E-state index contributed by atoms with van der Waals surface area (Å²) < 4.78 is 35.8. The maximum atomic E-state index is 8.12. The molecule has 0 saturated carbocycles. The first-order valence-electron chi connectivity index (χ1n) is 28.2. The number of hydrogen-bond donors (Lipinski definition) is 0. The molecular formula is C71H62IrN4O+. The van der Waals surface area contributed by atoms with Gasteiger partial charge in [-0.15, -0.1) is 54.1 Å². The molecule has 10 aromatic carbocycles. The van der Waals surface area contributed by atoms with Crippen LogP contribution < -0.4 is 9.55 Å². The Morgan fingerprint density at radius 2 is 1.25 bits per heavy atom. The van der Waals surface area contributed by atoms with Crippen LogP contribution in [0.2, 0.25) is 0 Å². The number of para-hydroxylation sites is 5. The molecule has 0 aliphatic heterocycles. The Bertz CT molecular complexity index is 4380. The first kappa shape index (κ1) is 47.6. The van der Waals surface area contributed by atoms with Gasteiger partial charge >= 0.3 is 20.1 Å². The Morgan fingerprint density at radius 1 is 0.558 bits per heavy atom. The first-order chi connectivity index (χ1) is 38.2. The van der Waals surface area contributed by atoms with E-state index in [1.165, 1.54) is 39.1 Å². The van der Waals surface area contributed by atoms with Crippen molar-refractivity contribution in [3.63, 3.8) is 0 Å². The quantitative estimate of drug-likeness (QED) is 0.0822. The zero-order chi connectivity index (χ0) is 54.9. The predicted molar refractivity (Wildman–Crippen MR) is 317 cm³/mol. The Labute approximate surface area is 469 Å². The first-order valence-corrected chi connectivity index (χ1v) is 26.7. The standard InChI is InChI=1S/C46H37N2O.C25H25N2.Ir/c1-27(2)37-24-32(30-14-7-6-8-15-30)25-38(28(3)4)44(37)48-42-20-10-9-19-41(42)47-46(48)36-18-12-17-35-40-23-31-21-22-33-29(5)13-11-16-34(33)39(31)26-43(40)49-45(35)36;1-17(2)20-13-10-14-21(18(3)4)24(20)27-23-16-9-8-15-22(23)26-25(27)19-11-6-5-7-12-19;/h6-17,19-28H,1-5H3;5-11,13-18H,1-4H3;/q2*-1;+3/i5D3;;. The number of nitrogens with zero attached hydrogens (tertiary/aromatic N) is 4. The molecule has 3 heterocycles. The molecule has 13 rings (SSSR count). The summed E-state index contributed by atoms with van der Waals surface area (Å²) in [5, 5.41) is 5.57. The average Bonchev–Trinajstić information content (AvgIpc) is 4.17. The van der Waals surface area contributed by atoms with Crippen molar-refractivity contribution in [2.45, 2.75) is 85.9 Å². The zero-order valence-corrected chi connectivity index (χ0v) is 47.1. The second-order valence-corrected chi connectivity index (χ2v) is 21.3. The van der Waals surface area contributed by atoms with Gasteiger partial charge in [0, 0.05) is 20.9 Å². The molecule has 3 aromatic heterocycles. The number of rotatable bonds is 9. The maximum Gasteiger partial charge on any atom is 3.00 e. The van der Waals surface area contributed by atoms with Gasteiger partial charge in [0.25, 0.3) is 0 Å². The molecule has 6 heteroatoms. The molecule has 77 heavy (non-hydrogen) atoms. The molecule has 0 N–H and O–H groups in total. The normalized spacial score (nSPS) is 12.5. The Kier molecular flexibility index (Phi) is 12.9. The Balaban J connectivity index is 0.000000203. The third-order valence-corrected chi connectivity index (χ3v) is 15.0. The van der Waals surface area contributed by atoms with Crippen molar-refractivity contribution in [3.05, 3.63) is 228 Å². The number of furan rings is 1. The van der Waals surface area contributed by atoms with Crippen molar-refractivity contribution in [2.75, 3.05) is 0 Å². The molecule has 13 aromatic rings. The van der Waals surface area contributed by atoms with Gasteiger partial charge in [0.2, 0.25) is 0 Å². The molecule has 0 saturated heterocycles. The van der Waals surface area contributed by atoms with Crippen LogP contribution in [0.1, 0.15) is 111 Å². The number of hydrogen-bond acceptors (Lipinski definition) is 2. The van der Waals surface area contributed by atoms with Crippen molar-refractivity contribution >= 4 is 65.6 Å². The van der Waals surface area contributed by atoms with Crippen LogP contribution in [0.4, 0.5) is 0 Å². The zero-order valence-electron chi connectivity index (χ0n) is 47.7. The van der Waals surface area contributed by atoms with Crippen LogP contribution in [0.3, 0.4) is 0 Å². The van der Waals surface area contributed by atoms with E-state index in [1.54, 1.807) is 6.07 Å². The minimum Gasteiger partial charge on any atom is -0.501 e. The molecule has 380 valence electrons. The molecule has 0 bridgehead atoms. The van der Waals surface area contributed by atoms with E-state index in [9.17, 15) is 0 Å². The maximum absolute atomic E-state index is 8.12. The van der Waals surface area contributed by atoms with E-state index in [1.807, 2.05) is 54.6 Å². The number of imidazole rings is 2. The topological polar surface area (TPSA) is 48.9 Å². The summed E-state index contributed by atoms with van der Waals surface area (Å²) in [4.78, 5) is 10.3. The number of aromatic nitrogens is 4. The summed E-state index contributed by atoms with van der Waals surface area (Å²) in [6.45, 7) is 15.9. The van der Waals surface area contributed by atoms with Crippen molar-refractivity contribution in [2.24, 2.45) is 0 Å². The fourth-order valence-electron chi connectivity index (χ4n) is 11.3. The minimum atomic E-state index is -2.21. The molecular weight excluding hydrogens is 1120 g/mol. The number of aryl methyl sites for hydroxylation is 1. The van der Waals surface area contributed by atoms with E-state index >= 15 is 0 Å². The summed E-state index contributed by atoms with van der Waals surface area (Å²) >= 11 is 0. The molecule has 0 aliphatic rings. The molecule has 0 aliphatic carbocycles. The fourth-order valence-corrected chi connectivity index (χ4v) is 11.3. The Morgan fingerprint density at radius 3 is 1.96 bits per heavy atom. The second-order valence-electron chi connectivity index (χ2n) is 21.3. The average molecular weight is 1180 g/mol. The van der Waals surface area contributed by atoms with Crippen molar-refractivity contribution in [1.82, 2.24) is 14.5 Å². The van der Waals surface area contributed by atoms with Gasteiger partial charge in [-0.1, -0.05) is 169 Å². The van der Waals surface area contributed by atoms with E-state index in [2.05, 4.69) is 204 Å². The van der Waals surface area contributed by atoms with Gasteiger partial charge in [-0.2, -0.15) is 0 Å².